The molecule has 5 heteroatoms. The molecule has 0 aromatic carbocycles. The van der Waals surface area contributed by atoms with E-state index >= 15 is 0 Å². The summed E-state index contributed by atoms with van der Waals surface area (Å²) < 4.78 is 0. The van der Waals surface area contributed by atoms with Crippen LogP contribution < -0.4 is 11.3 Å². The Balaban J connectivity index is 2.36. The Morgan fingerprint density at radius 2 is 2.20 bits per heavy atom. The normalized spacial score (nSPS) is 13.0. The molecule has 0 aliphatic rings. The molecule has 0 saturated carbocycles. The van der Waals surface area contributed by atoms with Crippen molar-refractivity contribution in [1.82, 2.24) is 10.4 Å². The third kappa shape index (κ3) is 2.10. The first-order valence-corrected chi connectivity index (χ1v) is 6.39. The summed E-state index contributed by atoms with van der Waals surface area (Å²) >= 11 is 3.38. The predicted molar refractivity (Wildman–Crippen MR) is 65.1 cm³/mol. The van der Waals surface area contributed by atoms with Gasteiger partial charge in [0.25, 0.3) is 0 Å². The number of thiazole rings is 1. The molecule has 3 nitrogen and oxygen atoms in total. The summed E-state index contributed by atoms with van der Waals surface area (Å²) in [5.74, 6) is 5.61. The number of thiophene rings is 1. The number of aromatic nitrogens is 1. The van der Waals surface area contributed by atoms with Crippen molar-refractivity contribution in [2.24, 2.45) is 5.84 Å². The average Bonchev–Trinajstić information content (AvgIpc) is 2.79. The van der Waals surface area contributed by atoms with Crippen LogP contribution in [0.15, 0.2) is 17.0 Å². The van der Waals surface area contributed by atoms with Gasteiger partial charge in [-0.2, -0.15) is 0 Å². The van der Waals surface area contributed by atoms with E-state index in [2.05, 4.69) is 28.8 Å². The number of nitrogens with one attached hydrogen (secondary N) is 1. The number of hydrogen-bond donors (Lipinski definition) is 2. The second-order valence-electron chi connectivity index (χ2n) is 3.39. The molecule has 2 aromatic rings. The number of hydrazine groups is 1. The average molecular weight is 239 g/mol. The van der Waals surface area contributed by atoms with Crippen LogP contribution in [0, 0.1) is 13.8 Å². The molecule has 2 aromatic heterocycles. The van der Waals surface area contributed by atoms with Crippen LogP contribution in [0.2, 0.25) is 0 Å². The zero-order valence-corrected chi connectivity index (χ0v) is 10.3. The van der Waals surface area contributed by atoms with Crippen LogP contribution in [-0.2, 0) is 0 Å². The molecule has 0 bridgehead atoms. The lowest BCUT2D eigenvalue weighted by atomic mass is 10.1. The Morgan fingerprint density at radius 1 is 1.40 bits per heavy atom. The summed E-state index contributed by atoms with van der Waals surface area (Å²) in [5.41, 5.74) is 6.97. The van der Waals surface area contributed by atoms with E-state index in [1.165, 1.54) is 15.3 Å². The monoisotopic (exact) mass is 239 g/mol. The molecular formula is C10H13N3S2. The van der Waals surface area contributed by atoms with Crippen molar-refractivity contribution in [2.75, 3.05) is 0 Å². The molecular weight excluding hydrogens is 226 g/mol. The fraction of sp³-hybridized carbons (Fsp3) is 0.300. The Bertz CT molecular complexity index is 447. The number of aryl methyl sites for hydroxylation is 2. The molecule has 1 atom stereocenters. The van der Waals surface area contributed by atoms with E-state index in [4.69, 9.17) is 5.84 Å². The van der Waals surface area contributed by atoms with Crippen molar-refractivity contribution in [2.45, 2.75) is 19.9 Å². The molecule has 0 aliphatic carbocycles. The van der Waals surface area contributed by atoms with Crippen LogP contribution in [0.1, 0.15) is 27.1 Å². The van der Waals surface area contributed by atoms with Gasteiger partial charge >= 0.3 is 0 Å². The lowest BCUT2D eigenvalue weighted by Gasteiger charge is -2.13. The lowest BCUT2D eigenvalue weighted by molar-refractivity contribution is 0.644. The first kappa shape index (κ1) is 10.8. The number of nitrogens with zero attached hydrogens (tertiary/aromatic N) is 1. The van der Waals surface area contributed by atoms with Gasteiger partial charge in [0, 0.05) is 4.88 Å². The highest BCUT2D eigenvalue weighted by Crippen LogP contribution is 2.29. The van der Waals surface area contributed by atoms with Crippen LogP contribution in [0.5, 0.6) is 0 Å². The van der Waals surface area contributed by atoms with Crippen molar-refractivity contribution >= 4 is 22.7 Å². The first-order valence-electron chi connectivity index (χ1n) is 4.63. The molecule has 1 unspecified atom stereocenters. The minimum atomic E-state index is 0.0717. The van der Waals surface area contributed by atoms with Gasteiger partial charge in [-0.25, -0.2) is 10.4 Å². The smallest absolute Gasteiger partial charge is 0.0829 e. The molecule has 0 fully saturated rings. The van der Waals surface area contributed by atoms with Gasteiger partial charge in [0.2, 0.25) is 0 Å². The van der Waals surface area contributed by atoms with Crippen LogP contribution >= 0.6 is 22.7 Å². The molecule has 2 rings (SSSR count). The summed E-state index contributed by atoms with van der Waals surface area (Å²) in [5, 5.41) is 2.14. The minimum absolute atomic E-state index is 0.0717. The zero-order valence-electron chi connectivity index (χ0n) is 8.65. The highest BCUT2D eigenvalue weighted by Gasteiger charge is 2.17. The fourth-order valence-corrected chi connectivity index (χ4v) is 3.14. The highest BCUT2D eigenvalue weighted by atomic mass is 32.1. The standard InChI is InChI=1S/C10H13N3S2/c1-6-3-8(4-14-6)9(13-11)10-7(2)12-5-15-10/h3-5,9,13H,11H2,1-2H3. The number of nitrogens with two attached hydrogens (primary N) is 1. The molecule has 0 spiro atoms. The van der Waals surface area contributed by atoms with Gasteiger partial charge in [-0.05, 0) is 30.9 Å². The maximum atomic E-state index is 5.61. The molecule has 0 aliphatic heterocycles. The minimum Gasteiger partial charge on any atom is -0.271 e. The maximum Gasteiger partial charge on any atom is 0.0829 e. The molecule has 0 saturated heterocycles. The molecule has 0 amide bonds. The van der Waals surface area contributed by atoms with Crippen molar-refractivity contribution in [3.63, 3.8) is 0 Å². The Labute approximate surface area is 96.9 Å². The number of rotatable bonds is 3. The summed E-state index contributed by atoms with van der Waals surface area (Å²) in [6, 6.07) is 2.23. The second-order valence-corrected chi connectivity index (χ2v) is 5.39. The second kappa shape index (κ2) is 4.40. The largest absolute Gasteiger partial charge is 0.271 e. The van der Waals surface area contributed by atoms with Crippen LogP contribution in [0.25, 0.3) is 0 Å². The summed E-state index contributed by atoms with van der Waals surface area (Å²) in [4.78, 5) is 6.73. The summed E-state index contributed by atoms with van der Waals surface area (Å²) in [7, 11) is 0. The molecule has 0 radical (unpaired) electrons. The van der Waals surface area contributed by atoms with Crippen molar-refractivity contribution in [1.29, 1.82) is 0 Å². The van der Waals surface area contributed by atoms with Crippen molar-refractivity contribution < 1.29 is 0 Å². The van der Waals surface area contributed by atoms with Gasteiger partial charge in [0.05, 0.1) is 22.1 Å². The topological polar surface area (TPSA) is 50.9 Å². The van der Waals surface area contributed by atoms with E-state index in [-0.39, 0.29) is 6.04 Å². The number of hydrogen-bond acceptors (Lipinski definition) is 5. The molecule has 15 heavy (non-hydrogen) atoms. The third-order valence-corrected chi connectivity index (χ3v) is 4.17. The van der Waals surface area contributed by atoms with Crippen LogP contribution in [0.3, 0.4) is 0 Å². The quantitative estimate of drug-likeness (QED) is 0.638. The van der Waals surface area contributed by atoms with Crippen LogP contribution in [0.4, 0.5) is 0 Å². The van der Waals surface area contributed by atoms with E-state index in [0.717, 1.165) is 5.69 Å². The first-order chi connectivity index (χ1) is 7.22. The Morgan fingerprint density at radius 3 is 2.67 bits per heavy atom. The van der Waals surface area contributed by atoms with Gasteiger partial charge < -0.3 is 0 Å². The van der Waals surface area contributed by atoms with Crippen LogP contribution in [-0.4, -0.2) is 4.98 Å². The molecule has 80 valence electrons. The lowest BCUT2D eigenvalue weighted by Crippen LogP contribution is -2.28. The van der Waals surface area contributed by atoms with E-state index in [9.17, 15) is 0 Å². The van der Waals surface area contributed by atoms with E-state index in [1.54, 1.807) is 22.7 Å². The van der Waals surface area contributed by atoms with E-state index in [1.807, 2.05) is 12.4 Å². The zero-order chi connectivity index (χ0) is 10.8. The van der Waals surface area contributed by atoms with Gasteiger partial charge in [-0.3, -0.25) is 5.84 Å². The SMILES string of the molecule is Cc1cc(C(NN)c2scnc2C)cs1. The van der Waals surface area contributed by atoms with Crippen molar-refractivity contribution in [3.05, 3.63) is 38.0 Å². The Kier molecular flexibility index (Phi) is 3.16. The summed E-state index contributed by atoms with van der Waals surface area (Å²) in [6.45, 7) is 4.11. The predicted octanol–water partition coefficient (Wildman–Crippen LogP) is 2.37. The van der Waals surface area contributed by atoms with Gasteiger partial charge in [-0.1, -0.05) is 0 Å². The fourth-order valence-electron chi connectivity index (χ4n) is 1.53. The Hall–Kier alpha value is -0.750. The highest BCUT2D eigenvalue weighted by molar-refractivity contribution is 7.10. The third-order valence-electron chi connectivity index (χ3n) is 2.30. The van der Waals surface area contributed by atoms with Gasteiger partial charge in [0.15, 0.2) is 0 Å². The van der Waals surface area contributed by atoms with Gasteiger partial charge in [-0.15, -0.1) is 22.7 Å². The van der Waals surface area contributed by atoms with E-state index in [0.29, 0.717) is 0 Å². The van der Waals surface area contributed by atoms with Crippen molar-refractivity contribution in [3.8, 4) is 0 Å². The molecule has 3 N–H and O–H groups in total. The summed E-state index contributed by atoms with van der Waals surface area (Å²) in [6.07, 6.45) is 0. The van der Waals surface area contributed by atoms with Gasteiger partial charge in [0.1, 0.15) is 0 Å². The maximum absolute atomic E-state index is 5.61. The molecule has 2 heterocycles. The van der Waals surface area contributed by atoms with E-state index < -0.39 is 0 Å².